The van der Waals surface area contributed by atoms with Gasteiger partial charge in [0.15, 0.2) is 0 Å². The summed E-state index contributed by atoms with van der Waals surface area (Å²) in [5.41, 5.74) is 0.593. The van der Waals surface area contributed by atoms with Gasteiger partial charge in [0.25, 0.3) is 0 Å². The molecule has 7 heteroatoms. The van der Waals surface area contributed by atoms with Gasteiger partial charge in [-0.25, -0.2) is 14.4 Å². The number of rotatable bonds is 3. The Morgan fingerprint density at radius 3 is 2.52 bits per heavy atom. The van der Waals surface area contributed by atoms with Crippen molar-refractivity contribution in [1.29, 1.82) is 0 Å². The van der Waals surface area contributed by atoms with E-state index in [0.717, 1.165) is 11.1 Å². The quantitative estimate of drug-likeness (QED) is 0.656. The minimum atomic E-state index is -1.42. The van der Waals surface area contributed by atoms with Crippen LogP contribution in [0.25, 0.3) is 11.0 Å². The maximum Gasteiger partial charge on any atom is 0.143 e. The molecule has 0 bridgehead atoms. The maximum atomic E-state index is 13.2. The second kappa shape index (κ2) is 6.37. The summed E-state index contributed by atoms with van der Waals surface area (Å²) < 4.78 is 15.1. The van der Waals surface area contributed by atoms with Gasteiger partial charge in [0.1, 0.15) is 23.9 Å². The molecule has 1 aliphatic rings. The fourth-order valence-corrected chi connectivity index (χ4v) is 4.21. The van der Waals surface area contributed by atoms with Gasteiger partial charge in [0.05, 0.1) is 23.4 Å². The number of aryl methyl sites for hydroxylation is 1. The lowest BCUT2D eigenvalue weighted by atomic mass is 9.80. The summed E-state index contributed by atoms with van der Waals surface area (Å²) in [6, 6.07) is 7.00. The molecule has 27 heavy (non-hydrogen) atoms. The Morgan fingerprint density at radius 2 is 1.81 bits per heavy atom. The molecule has 0 spiro atoms. The second-order valence-corrected chi connectivity index (χ2v) is 7.46. The molecule has 1 saturated carbocycles. The molecular weight excluding hydrogens is 349 g/mol. The summed E-state index contributed by atoms with van der Waals surface area (Å²) in [7, 11) is 0. The van der Waals surface area contributed by atoms with Crippen LogP contribution in [0, 0.1) is 18.7 Å². The van der Waals surface area contributed by atoms with Crippen molar-refractivity contribution in [2.75, 3.05) is 0 Å². The summed E-state index contributed by atoms with van der Waals surface area (Å²) in [6.45, 7) is 3.47. The molecule has 0 amide bonds. The van der Waals surface area contributed by atoms with Crippen molar-refractivity contribution in [3.63, 3.8) is 0 Å². The van der Waals surface area contributed by atoms with Crippen LogP contribution in [-0.2, 0) is 5.60 Å². The molecule has 2 unspecified atom stereocenters. The van der Waals surface area contributed by atoms with E-state index in [1.54, 1.807) is 6.92 Å². The van der Waals surface area contributed by atoms with Gasteiger partial charge in [-0.3, -0.25) is 0 Å². The number of aliphatic hydroxyl groups excluding tert-OH is 2. The van der Waals surface area contributed by atoms with Gasteiger partial charge >= 0.3 is 0 Å². The number of aliphatic hydroxyl groups is 3. The summed E-state index contributed by atoms with van der Waals surface area (Å²) in [5.74, 6) is -1.02. The van der Waals surface area contributed by atoms with E-state index in [1.165, 1.54) is 30.6 Å². The number of hydrogen-bond acceptors (Lipinski definition) is 5. The number of fused-ring (bicyclic) bond motifs is 1. The highest BCUT2D eigenvalue weighted by Crippen LogP contribution is 2.45. The Bertz CT molecular complexity index is 970. The van der Waals surface area contributed by atoms with Gasteiger partial charge in [0.2, 0.25) is 0 Å². The lowest BCUT2D eigenvalue weighted by Crippen LogP contribution is -2.40. The summed E-state index contributed by atoms with van der Waals surface area (Å²) in [5, 5.41) is 33.4. The number of halogens is 1. The molecule has 5 atom stereocenters. The van der Waals surface area contributed by atoms with Gasteiger partial charge in [-0.1, -0.05) is 12.1 Å². The predicted molar refractivity (Wildman–Crippen MR) is 97.4 cm³/mol. The predicted octanol–water partition coefficient (Wildman–Crippen LogP) is 2.07. The second-order valence-electron chi connectivity index (χ2n) is 7.46. The third-order valence-corrected chi connectivity index (χ3v) is 5.87. The van der Waals surface area contributed by atoms with Crippen molar-refractivity contribution in [3.8, 4) is 0 Å². The van der Waals surface area contributed by atoms with Gasteiger partial charge in [0, 0.05) is 17.5 Å². The Hall–Kier alpha value is -2.35. The van der Waals surface area contributed by atoms with Crippen LogP contribution >= 0.6 is 0 Å². The smallest absolute Gasteiger partial charge is 0.143 e. The van der Waals surface area contributed by atoms with E-state index in [-0.39, 0.29) is 0 Å². The Kier molecular flexibility index (Phi) is 4.25. The Balaban J connectivity index is 1.70. The third-order valence-electron chi connectivity index (χ3n) is 5.87. The molecule has 2 heterocycles. The average Bonchev–Trinajstić information content (AvgIpc) is 3.19. The Morgan fingerprint density at radius 1 is 1.11 bits per heavy atom. The maximum absolute atomic E-state index is 13.2. The number of aromatic nitrogens is 3. The first kappa shape index (κ1) is 18.0. The zero-order chi connectivity index (χ0) is 19.3. The largest absolute Gasteiger partial charge is 0.390 e. The number of hydrogen-bond donors (Lipinski definition) is 3. The summed E-state index contributed by atoms with van der Waals surface area (Å²) in [4.78, 5) is 8.49. The van der Waals surface area contributed by atoms with Crippen LogP contribution in [0.4, 0.5) is 4.39 Å². The molecule has 1 fully saturated rings. The van der Waals surface area contributed by atoms with Crippen molar-refractivity contribution in [1.82, 2.24) is 14.5 Å². The molecule has 1 aliphatic carbocycles. The van der Waals surface area contributed by atoms with Crippen molar-refractivity contribution >= 4 is 11.0 Å². The van der Waals surface area contributed by atoms with Crippen LogP contribution in [0.15, 0.2) is 42.9 Å². The summed E-state index contributed by atoms with van der Waals surface area (Å²) >= 11 is 0. The van der Waals surface area contributed by atoms with Gasteiger partial charge in [-0.05, 0) is 44.0 Å². The van der Waals surface area contributed by atoms with Crippen molar-refractivity contribution in [3.05, 3.63) is 59.9 Å². The van der Waals surface area contributed by atoms with E-state index >= 15 is 0 Å². The zero-order valence-corrected chi connectivity index (χ0v) is 15.1. The molecule has 6 nitrogen and oxygen atoms in total. The van der Waals surface area contributed by atoms with E-state index in [1.807, 2.05) is 23.8 Å². The average molecular weight is 371 g/mol. The normalized spacial score (nSPS) is 27.8. The van der Waals surface area contributed by atoms with Crippen molar-refractivity contribution in [2.45, 2.75) is 44.1 Å². The van der Waals surface area contributed by atoms with Crippen LogP contribution in [0.3, 0.4) is 0 Å². The van der Waals surface area contributed by atoms with Crippen LogP contribution in [0.1, 0.15) is 30.6 Å². The lowest BCUT2D eigenvalue weighted by Gasteiger charge is -2.33. The van der Waals surface area contributed by atoms with Gasteiger partial charge in [-0.2, -0.15) is 0 Å². The molecule has 2 aromatic heterocycles. The fraction of sp³-hybridized carbons (Fsp3) is 0.400. The molecule has 1 aromatic carbocycles. The fourth-order valence-electron chi connectivity index (χ4n) is 4.21. The van der Waals surface area contributed by atoms with E-state index in [2.05, 4.69) is 9.97 Å². The first-order chi connectivity index (χ1) is 12.8. The standard InChI is InChI=1S/C20H22FN3O3/c1-11-14-7-8-24(19(14)23-10-22-11)16-9-15(17(25)18(16)26)20(2,27)12-3-5-13(21)6-4-12/h3-8,10,15-18,25-27H,9H2,1-2H3/t15?,16?,17-,18+,20+/m1/s1. The molecular formula is C20H22FN3O3. The highest BCUT2D eigenvalue weighted by atomic mass is 19.1. The van der Waals surface area contributed by atoms with E-state index in [4.69, 9.17) is 0 Å². The Labute approximate surface area is 155 Å². The highest BCUT2D eigenvalue weighted by Gasteiger charge is 2.50. The van der Waals surface area contributed by atoms with E-state index in [0.29, 0.717) is 17.6 Å². The third kappa shape index (κ3) is 2.82. The van der Waals surface area contributed by atoms with Gasteiger partial charge < -0.3 is 19.9 Å². The summed E-state index contributed by atoms with van der Waals surface area (Å²) in [6.07, 6.45) is 1.45. The molecule has 3 aromatic rings. The van der Waals surface area contributed by atoms with E-state index < -0.39 is 35.6 Å². The zero-order valence-electron chi connectivity index (χ0n) is 15.1. The highest BCUT2D eigenvalue weighted by molar-refractivity contribution is 5.78. The molecule has 3 N–H and O–H groups in total. The molecule has 0 aliphatic heterocycles. The molecule has 0 saturated heterocycles. The minimum absolute atomic E-state index is 0.347. The first-order valence-electron chi connectivity index (χ1n) is 8.93. The minimum Gasteiger partial charge on any atom is -0.390 e. The van der Waals surface area contributed by atoms with Crippen LogP contribution < -0.4 is 0 Å². The number of benzene rings is 1. The van der Waals surface area contributed by atoms with Crippen LogP contribution in [-0.4, -0.2) is 42.1 Å². The lowest BCUT2D eigenvalue weighted by molar-refractivity contribution is -0.0752. The number of nitrogens with zero attached hydrogens (tertiary/aromatic N) is 3. The van der Waals surface area contributed by atoms with E-state index in [9.17, 15) is 19.7 Å². The SMILES string of the molecule is Cc1ncnc2c1ccn2C1CC([C@@](C)(O)c2ccc(F)cc2)[C@@H](O)[C@H]1O. The molecule has 142 valence electrons. The van der Waals surface area contributed by atoms with Gasteiger partial charge in [-0.15, -0.1) is 0 Å². The molecule has 4 rings (SSSR count). The topological polar surface area (TPSA) is 91.4 Å². The first-order valence-corrected chi connectivity index (χ1v) is 8.93. The van der Waals surface area contributed by atoms with Crippen molar-refractivity contribution < 1.29 is 19.7 Å². The molecule has 0 radical (unpaired) electrons. The van der Waals surface area contributed by atoms with Crippen LogP contribution in [0.5, 0.6) is 0 Å². The monoisotopic (exact) mass is 371 g/mol. The van der Waals surface area contributed by atoms with Crippen molar-refractivity contribution in [2.24, 2.45) is 5.92 Å². The van der Waals surface area contributed by atoms with Crippen LogP contribution in [0.2, 0.25) is 0 Å².